The van der Waals surface area contributed by atoms with E-state index >= 15 is 0 Å². The summed E-state index contributed by atoms with van der Waals surface area (Å²) in [5, 5.41) is 3.23. The third kappa shape index (κ3) is 4.40. The molecule has 1 saturated heterocycles. The highest BCUT2D eigenvalue weighted by Crippen LogP contribution is 2.16. The molecule has 0 aliphatic carbocycles. The maximum atomic E-state index is 3.23. The van der Waals surface area contributed by atoms with Gasteiger partial charge in [-0.2, -0.15) is 0 Å². The number of likely N-dealkylation sites (N-methyl/N-ethyl adjacent to an activating group) is 2. The zero-order valence-corrected chi connectivity index (χ0v) is 11.5. The Morgan fingerprint density at radius 3 is 2.69 bits per heavy atom. The SMILES string of the molecule is CNCCN(C)C1CCCN(C(C)C)CC1. The summed E-state index contributed by atoms with van der Waals surface area (Å²) in [7, 11) is 4.30. The Kier molecular flexibility index (Phi) is 6.32. The lowest BCUT2D eigenvalue weighted by Crippen LogP contribution is -2.37. The van der Waals surface area contributed by atoms with Gasteiger partial charge < -0.3 is 15.1 Å². The maximum Gasteiger partial charge on any atom is 0.0107 e. The van der Waals surface area contributed by atoms with E-state index in [0.717, 1.165) is 12.6 Å². The summed E-state index contributed by atoms with van der Waals surface area (Å²) in [6.45, 7) is 9.44. The van der Waals surface area contributed by atoms with E-state index in [4.69, 9.17) is 0 Å². The van der Waals surface area contributed by atoms with Crippen molar-refractivity contribution in [1.82, 2.24) is 15.1 Å². The summed E-state index contributed by atoms with van der Waals surface area (Å²) in [4.78, 5) is 5.15. The summed E-state index contributed by atoms with van der Waals surface area (Å²) in [6, 6.07) is 1.50. The molecule has 1 atom stereocenters. The van der Waals surface area contributed by atoms with Gasteiger partial charge in [0, 0.05) is 25.2 Å². The highest BCUT2D eigenvalue weighted by Gasteiger charge is 2.20. The Morgan fingerprint density at radius 2 is 2.06 bits per heavy atom. The first-order valence-electron chi connectivity index (χ1n) is 6.74. The molecule has 96 valence electrons. The zero-order chi connectivity index (χ0) is 12.0. The molecule has 0 bridgehead atoms. The average Bonchev–Trinajstić information content (AvgIpc) is 2.51. The second-order valence-electron chi connectivity index (χ2n) is 5.30. The number of nitrogens with zero attached hydrogens (tertiary/aromatic N) is 2. The van der Waals surface area contributed by atoms with E-state index in [2.05, 4.69) is 36.0 Å². The Bertz CT molecular complexity index is 182. The molecule has 0 spiro atoms. The van der Waals surface area contributed by atoms with E-state index in [1.54, 1.807) is 0 Å². The predicted molar refractivity (Wildman–Crippen MR) is 70.9 cm³/mol. The van der Waals surface area contributed by atoms with Crippen LogP contribution < -0.4 is 5.32 Å². The van der Waals surface area contributed by atoms with Gasteiger partial charge in [0.1, 0.15) is 0 Å². The van der Waals surface area contributed by atoms with Crippen molar-refractivity contribution >= 4 is 0 Å². The summed E-state index contributed by atoms with van der Waals surface area (Å²) in [5.41, 5.74) is 0. The molecule has 0 saturated carbocycles. The normalized spacial score (nSPS) is 24.0. The molecule has 1 N–H and O–H groups in total. The molecule has 0 aromatic carbocycles. The van der Waals surface area contributed by atoms with Crippen LogP contribution in [0.5, 0.6) is 0 Å². The van der Waals surface area contributed by atoms with Gasteiger partial charge in [-0.1, -0.05) is 0 Å². The summed E-state index contributed by atoms with van der Waals surface area (Å²) < 4.78 is 0. The maximum absolute atomic E-state index is 3.23. The van der Waals surface area contributed by atoms with E-state index in [9.17, 15) is 0 Å². The Hall–Kier alpha value is -0.120. The molecule has 1 aliphatic heterocycles. The van der Waals surface area contributed by atoms with Gasteiger partial charge in [0.15, 0.2) is 0 Å². The van der Waals surface area contributed by atoms with Crippen molar-refractivity contribution in [2.45, 2.75) is 45.2 Å². The molecule has 0 radical (unpaired) electrons. The van der Waals surface area contributed by atoms with Gasteiger partial charge in [-0.25, -0.2) is 0 Å². The Labute approximate surface area is 101 Å². The van der Waals surface area contributed by atoms with Gasteiger partial charge in [-0.3, -0.25) is 0 Å². The van der Waals surface area contributed by atoms with Gasteiger partial charge in [0.2, 0.25) is 0 Å². The molecular weight excluding hydrogens is 198 g/mol. The minimum Gasteiger partial charge on any atom is -0.318 e. The molecule has 3 heteroatoms. The topological polar surface area (TPSA) is 18.5 Å². The van der Waals surface area contributed by atoms with Gasteiger partial charge in [0.25, 0.3) is 0 Å². The standard InChI is InChI=1S/C13H29N3/c1-12(2)16-9-5-6-13(7-10-16)15(4)11-8-14-3/h12-14H,5-11H2,1-4H3. The quantitative estimate of drug-likeness (QED) is 0.766. The molecular formula is C13H29N3. The van der Waals surface area contributed by atoms with Crippen LogP contribution in [0.3, 0.4) is 0 Å². The van der Waals surface area contributed by atoms with Crippen LogP contribution in [0.25, 0.3) is 0 Å². The molecule has 1 aliphatic rings. The van der Waals surface area contributed by atoms with Gasteiger partial charge in [0.05, 0.1) is 0 Å². The summed E-state index contributed by atoms with van der Waals surface area (Å²) in [5.74, 6) is 0. The van der Waals surface area contributed by atoms with Crippen molar-refractivity contribution in [3.63, 3.8) is 0 Å². The highest BCUT2D eigenvalue weighted by molar-refractivity contribution is 4.77. The minimum atomic E-state index is 0.710. The monoisotopic (exact) mass is 227 g/mol. The van der Waals surface area contributed by atoms with Gasteiger partial charge in [-0.15, -0.1) is 0 Å². The smallest absolute Gasteiger partial charge is 0.0107 e. The third-order valence-electron chi connectivity index (χ3n) is 3.80. The Morgan fingerprint density at radius 1 is 1.31 bits per heavy atom. The number of likely N-dealkylation sites (tertiary alicyclic amines) is 1. The molecule has 1 unspecified atom stereocenters. The lowest BCUT2D eigenvalue weighted by molar-refractivity contribution is 0.202. The fourth-order valence-electron chi connectivity index (χ4n) is 2.53. The fourth-order valence-corrected chi connectivity index (χ4v) is 2.53. The van der Waals surface area contributed by atoms with Crippen LogP contribution in [0.4, 0.5) is 0 Å². The third-order valence-corrected chi connectivity index (χ3v) is 3.80. The van der Waals surface area contributed by atoms with Crippen LogP contribution in [-0.4, -0.2) is 62.2 Å². The first-order valence-corrected chi connectivity index (χ1v) is 6.74. The van der Waals surface area contributed by atoms with Crippen molar-refractivity contribution < 1.29 is 0 Å². The number of hydrogen-bond donors (Lipinski definition) is 1. The first kappa shape index (κ1) is 13.9. The second-order valence-corrected chi connectivity index (χ2v) is 5.30. The van der Waals surface area contributed by atoms with E-state index in [0.29, 0.717) is 6.04 Å². The predicted octanol–water partition coefficient (Wildman–Crippen LogP) is 1.40. The number of hydrogen-bond acceptors (Lipinski definition) is 3. The fraction of sp³-hybridized carbons (Fsp3) is 1.00. The summed E-state index contributed by atoms with van der Waals surface area (Å²) >= 11 is 0. The highest BCUT2D eigenvalue weighted by atomic mass is 15.2. The number of rotatable bonds is 5. The van der Waals surface area contributed by atoms with Crippen molar-refractivity contribution in [2.24, 2.45) is 0 Å². The molecule has 0 aromatic heterocycles. The lowest BCUT2D eigenvalue weighted by Gasteiger charge is -2.28. The largest absolute Gasteiger partial charge is 0.318 e. The first-order chi connectivity index (χ1) is 7.65. The molecule has 0 amide bonds. The molecule has 1 heterocycles. The zero-order valence-electron chi connectivity index (χ0n) is 11.5. The van der Waals surface area contributed by atoms with Crippen molar-refractivity contribution in [1.29, 1.82) is 0 Å². The van der Waals surface area contributed by atoms with E-state index in [1.165, 1.54) is 38.9 Å². The van der Waals surface area contributed by atoms with Crippen molar-refractivity contribution in [2.75, 3.05) is 40.3 Å². The molecule has 3 nitrogen and oxygen atoms in total. The van der Waals surface area contributed by atoms with Crippen molar-refractivity contribution in [3.05, 3.63) is 0 Å². The van der Waals surface area contributed by atoms with Gasteiger partial charge >= 0.3 is 0 Å². The van der Waals surface area contributed by atoms with Crippen LogP contribution >= 0.6 is 0 Å². The van der Waals surface area contributed by atoms with Crippen LogP contribution in [0.1, 0.15) is 33.1 Å². The Balaban J connectivity index is 2.34. The van der Waals surface area contributed by atoms with E-state index in [1.807, 2.05) is 7.05 Å². The van der Waals surface area contributed by atoms with E-state index < -0.39 is 0 Å². The minimum absolute atomic E-state index is 0.710. The second kappa shape index (κ2) is 7.25. The van der Waals surface area contributed by atoms with Crippen LogP contribution in [0.2, 0.25) is 0 Å². The van der Waals surface area contributed by atoms with Crippen LogP contribution in [0.15, 0.2) is 0 Å². The van der Waals surface area contributed by atoms with Crippen molar-refractivity contribution in [3.8, 4) is 0 Å². The van der Waals surface area contributed by atoms with Crippen LogP contribution in [0, 0.1) is 0 Å². The number of nitrogens with one attached hydrogen (secondary N) is 1. The van der Waals surface area contributed by atoms with Gasteiger partial charge in [-0.05, 0) is 60.3 Å². The molecule has 0 aromatic rings. The summed E-state index contributed by atoms with van der Waals surface area (Å²) in [6.07, 6.45) is 4.05. The molecule has 16 heavy (non-hydrogen) atoms. The lowest BCUT2D eigenvalue weighted by atomic mass is 10.1. The van der Waals surface area contributed by atoms with E-state index in [-0.39, 0.29) is 0 Å². The molecule has 1 fully saturated rings. The molecule has 1 rings (SSSR count). The average molecular weight is 227 g/mol. The van der Waals surface area contributed by atoms with Crippen LogP contribution in [-0.2, 0) is 0 Å².